The van der Waals surface area contributed by atoms with Crippen molar-refractivity contribution >= 4 is 17.5 Å². The average molecular weight is 212 g/mol. The van der Waals surface area contributed by atoms with Crippen LogP contribution in [-0.2, 0) is 4.79 Å². The molecule has 1 heterocycles. The van der Waals surface area contributed by atoms with E-state index in [0.29, 0.717) is 5.92 Å². The van der Waals surface area contributed by atoms with Crippen molar-refractivity contribution in [1.82, 2.24) is 0 Å². The number of hydrogen-bond donors (Lipinski definition) is 0. The summed E-state index contributed by atoms with van der Waals surface area (Å²) in [6.07, 6.45) is 3.47. The van der Waals surface area contributed by atoms with Crippen molar-refractivity contribution in [2.24, 2.45) is 5.92 Å². The fourth-order valence-electron chi connectivity index (χ4n) is 2.13. The standard InChI is InChI=1S/C12H20OS/c1-4-12(10(3)13)9(2)11-6-5-7-14-8-11/h11H,4-8H2,1-3H3/b12-9+. The Labute approximate surface area is 91.3 Å². The third-order valence-electron chi connectivity index (χ3n) is 3.03. The summed E-state index contributed by atoms with van der Waals surface area (Å²) < 4.78 is 0. The first-order chi connectivity index (χ1) is 6.66. The molecule has 0 aromatic heterocycles. The zero-order chi connectivity index (χ0) is 10.6. The summed E-state index contributed by atoms with van der Waals surface area (Å²) in [5.74, 6) is 3.43. The molecular weight excluding hydrogens is 192 g/mol. The zero-order valence-electron chi connectivity index (χ0n) is 9.43. The van der Waals surface area contributed by atoms with Crippen LogP contribution in [0.25, 0.3) is 0 Å². The van der Waals surface area contributed by atoms with Crippen molar-refractivity contribution in [2.45, 2.75) is 40.0 Å². The Balaban J connectivity index is 2.76. The van der Waals surface area contributed by atoms with Gasteiger partial charge in [-0.3, -0.25) is 4.79 Å². The molecule has 1 saturated heterocycles. The van der Waals surface area contributed by atoms with Crippen LogP contribution in [0, 0.1) is 5.92 Å². The molecule has 1 nitrogen and oxygen atoms in total. The number of ketones is 1. The van der Waals surface area contributed by atoms with Gasteiger partial charge in [-0.2, -0.15) is 11.8 Å². The lowest BCUT2D eigenvalue weighted by molar-refractivity contribution is -0.113. The maximum Gasteiger partial charge on any atom is 0.155 e. The summed E-state index contributed by atoms with van der Waals surface area (Å²) in [6, 6.07) is 0. The first-order valence-electron chi connectivity index (χ1n) is 5.45. The molecule has 0 N–H and O–H groups in total. The normalized spacial score (nSPS) is 24.4. The van der Waals surface area contributed by atoms with Crippen LogP contribution in [-0.4, -0.2) is 17.3 Å². The highest BCUT2D eigenvalue weighted by atomic mass is 32.2. The highest BCUT2D eigenvalue weighted by molar-refractivity contribution is 7.99. The summed E-state index contributed by atoms with van der Waals surface area (Å²) >= 11 is 2.03. The van der Waals surface area contributed by atoms with E-state index in [1.165, 1.54) is 29.9 Å². The number of hydrogen-bond acceptors (Lipinski definition) is 2. The van der Waals surface area contributed by atoms with Crippen LogP contribution in [0.4, 0.5) is 0 Å². The number of carbonyl (C=O) groups excluding carboxylic acids is 1. The predicted molar refractivity (Wildman–Crippen MR) is 63.7 cm³/mol. The fourth-order valence-corrected chi connectivity index (χ4v) is 3.37. The molecule has 0 saturated carbocycles. The lowest BCUT2D eigenvalue weighted by Crippen LogP contribution is -2.15. The molecule has 1 atom stereocenters. The minimum atomic E-state index is 0.264. The Bertz CT molecular complexity index is 237. The van der Waals surface area contributed by atoms with Crippen molar-refractivity contribution in [3.05, 3.63) is 11.1 Å². The van der Waals surface area contributed by atoms with Gasteiger partial charge in [0, 0.05) is 0 Å². The van der Waals surface area contributed by atoms with Crippen LogP contribution in [0.2, 0.25) is 0 Å². The molecule has 1 unspecified atom stereocenters. The molecule has 0 amide bonds. The van der Waals surface area contributed by atoms with Gasteiger partial charge in [-0.05, 0) is 56.1 Å². The molecule has 1 rings (SSSR count). The molecule has 0 aliphatic carbocycles. The topological polar surface area (TPSA) is 17.1 Å². The van der Waals surface area contributed by atoms with Crippen LogP contribution >= 0.6 is 11.8 Å². The van der Waals surface area contributed by atoms with Crippen LogP contribution in [0.15, 0.2) is 11.1 Å². The minimum Gasteiger partial charge on any atom is -0.295 e. The third-order valence-corrected chi connectivity index (χ3v) is 4.24. The van der Waals surface area contributed by atoms with Crippen molar-refractivity contribution in [2.75, 3.05) is 11.5 Å². The summed E-state index contributed by atoms with van der Waals surface area (Å²) in [5, 5.41) is 0. The van der Waals surface area contributed by atoms with Gasteiger partial charge in [0.15, 0.2) is 5.78 Å². The number of Topliss-reactive ketones (excluding diaryl/α,β-unsaturated/α-hetero) is 1. The summed E-state index contributed by atoms with van der Waals surface area (Å²) in [4.78, 5) is 11.4. The van der Waals surface area contributed by atoms with E-state index < -0.39 is 0 Å². The summed E-state index contributed by atoms with van der Waals surface area (Å²) in [5.41, 5.74) is 2.42. The third kappa shape index (κ3) is 2.88. The largest absolute Gasteiger partial charge is 0.295 e. The number of thioether (sulfide) groups is 1. The quantitative estimate of drug-likeness (QED) is 0.667. The van der Waals surface area contributed by atoms with Crippen molar-refractivity contribution in [3.63, 3.8) is 0 Å². The number of carbonyl (C=O) groups is 1. The van der Waals surface area contributed by atoms with E-state index in [4.69, 9.17) is 0 Å². The van der Waals surface area contributed by atoms with Crippen LogP contribution in [0.3, 0.4) is 0 Å². The minimum absolute atomic E-state index is 0.264. The first kappa shape index (κ1) is 11.8. The maximum absolute atomic E-state index is 11.4. The van der Waals surface area contributed by atoms with Crippen molar-refractivity contribution in [1.29, 1.82) is 0 Å². The molecule has 0 aromatic rings. The molecule has 0 radical (unpaired) electrons. The summed E-state index contributed by atoms with van der Waals surface area (Å²) in [7, 11) is 0. The van der Waals surface area contributed by atoms with Gasteiger partial charge in [0.1, 0.15) is 0 Å². The lowest BCUT2D eigenvalue weighted by Gasteiger charge is -2.24. The lowest BCUT2D eigenvalue weighted by atomic mass is 9.90. The van der Waals surface area contributed by atoms with Crippen molar-refractivity contribution < 1.29 is 4.79 Å². The van der Waals surface area contributed by atoms with E-state index in [1.54, 1.807) is 6.92 Å². The zero-order valence-corrected chi connectivity index (χ0v) is 10.2. The first-order valence-corrected chi connectivity index (χ1v) is 6.60. The Morgan fingerprint density at radius 2 is 2.14 bits per heavy atom. The maximum atomic E-state index is 11.4. The Hall–Kier alpha value is -0.240. The fraction of sp³-hybridized carbons (Fsp3) is 0.750. The molecule has 80 valence electrons. The smallest absolute Gasteiger partial charge is 0.155 e. The van der Waals surface area contributed by atoms with E-state index >= 15 is 0 Å². The van der Waals surface area contributed by atoms with Gasteiger partial charge in [0.25, 0.3) is 0 Å². The second-order valence-corrected chi connectivity index (χ2v) is 5.14. The highest BCUT2D eigenvalue weighted by Crippen LogP contribution is 2.30. The van der Waals surface area contributed by atoms with E-state index in [9.17, 15) is 4.79 Å². The highest BCUT2D eigenvalue weighted by Gasteiger charge is 2.18. The molecule has 14 heavy (non-hydrogen) atoms. The van der Waals surface area contributed by atoms with E-state index in [-0.39, 0.29) is 5.78 Å². The monoisotopic (exact) mass is 212 g/mol. The molecule has 0 aromatic carbocycles. The number of rotatable bonds is 3. The van der Waals surface area contributed by atoms with Gasteiger partial charge in [-0.25, -0.2) is 0 Å². The predicted octanol–water partition coefficient (Wildman–Crippen LogP) is 3.45. The Kier molecular flexibility index (Phi) is 4.73. The number of allylic oxidation sites excluding steroid dienone is 2. The van der Waals surface area contributed by atoms with E-state index in [1.807, 2.05) is 11.8 Å². The molecule has 2 heteroatoms. The van der Waals surface area contributed by atoms with Crippen LogP contribution in [0.1, 0.15) is 40.0 Å². The SMILES string of the molecule is CC/C(C(C)=O)=C(/C)C1CCCSC1. The van der Waals surface area contributed by atoms with Crippen molar-refractivity contribution in [3.8, 4) is 0 Å². The van der Waals surface area contributed by atoms with Gasteiger partial charge in [0.2, 0.25) is 0 Å². The molecular formula is C12H20OS. The van der Waals surface area contributed by atoms with Gasteiger partial charge in [-0.1, -0.05) is 12.5 Å². The average Bonchev–Trinajstić information content (AvgIpc) is 2.19. The molecule has 1 aliphatic heterocycles. The Morgan fingerprint density at radius 1 is 1.43 bits per heavy atom. The van der Waals surface area contributed by atoms with Gasteiger partial charge in [-0.15, -0.1) is 0 Å². The second-order valence-electron chi connectivity index (χ2n) is 3.99. The van der Waals surface area contributed by atoms with Gasteiger partial charge < -0.3 is 0 Å². The molecule has 1 aliphatic rings. The van der Waals surface area contributed by atoms with Crippen LogP contribution in [0.5, 0.6) is 0 Å². The molecule has 0 bridgehead atoms. The van der Waals surface area contributed by atoms with Gasteiger partial charge >= 0.3 is 0 Å². The second kappa shape index (κ2) is 5.59. The van der Waals surface area contributed by atoms with E-state index in [0.717, 1.165) is 12.0 Å². The molecule has 0 spiro atoms. The summed E-state index contributed by atoms with van der Waals surface area (Å²) in [6.45, 7) is 5.92. The molecule has 1 fully saturated rings. The van der Waals surface area contributed by atoms with E-state index in [2.05, 4.69) is 13.8 Å². The van der Waals surface area contributed by atoms with Crippen LogP contribution < -0.4 is 0 Å². The Morgan fingerprint density at radius 3 is 2.57 bits per heavy atom. The van der Waals surface area contributed by atoms with Gasteiger partial charge in [0.05, 0.1) is 0 Å².